The second-order valence-corrected chi connectivity index (χ2v) is 10.3. The largest absolute Gasteiger partial charge is 0.332 e. The number of urea groups is 1. The molecule has 2 heterocycles. The minimum Gasteiger partial charge on any atom is -0.332 e. The summed E-state index contributed by atoms with van der Waals surface area (Å²) < 4.78 is 13.4. The monoisotopic (exact) mass is 508 g/mol. The maximum Gasteiger partial charge on any atom is 0.322 e. The lowest BCUT2D eigenvalue weighted by molar-refractivity contribution is -0.133. The molecule has 36 heavy (non-hydrogen) atoms. The van der Waals surface area contributed by atoms with Gasteiger partial charge in [0.25, 0.3) is 0 Å². The van der Waals surface area contributed by atoms with Crippen LogP contribution in [0.5, 0.6) is 0 Å². The van der Waals surface area contributed by atoms with E-state index in [1.165, 1.54) is 25.0 Å². The lowest BCUT2D eigenvalue weighted by atomic mass is 10.2. The van der Waals surface area contributed by atoms with Gasteiger partial charge in [-0.2, -0.15) is 0 Å². The van der Waals surface area contributed by atoms with Crippen molar-refractivity contribution in [3.63, 3.8) is 0 Å². The Morgan fingerprint density at radius 3 is 2.36 bits per heavy atom. The average molecular weight is 509 g/mol. The van der Waals surface area contributed by atoms with E-state index in [9.17, 15) is 14.0 Å². The van der Waals surface area contributed by atoms with Gasteiger partial charge in [-0.3, -0.25) is 4.79 Å². The van der Waals surface area contributed by atoms with Gasteiger partial charge in [0.15, 0.2) is 0 Å². The second-order valence-electron chi connectivity index (χ2n) is 9.22. The third kappa shape index (κ3) is 7.63. The van der Waals surface area contributed by atoms with Crippen LogP contribution < -0.4 is 5.32 Å². The van der Waals surface area contributed by atoms with Crippen molar-refractivity contribution in [3.8, 4) is 0 Å². The highest BCUT2D eigenvalue weighted by atomic mass is 32.1. The standard InChI is InChI=1S/C28H33FN4O2S/c1-22-6-12-25(13-7-22)30-28(35)32(17-16-31-14-2-3-15-31)21-27(34)33(20-26-5-4-18-36-26)19-23-8-10-24(29)11-9-23/h4-13,18H,2-3,14-17,19-21H2,1H3,(H,30,35). The summed E-state index contributed by atoms with van der Waals surface area (Å²) in [6.07, 6.45) is 2.33. The first-order valence-electron chi connectivity index (χ1n) is 12.4. The molecule has 8 heteroatoms. The Morgan fingerprint density at radius 2 is 1.69 bits per heavy atom. The van der Waals surface area contributed by atoms with Gasteiger partial charge in [-0.05, 0) is 74.1 Å². The third-order valence-electron chi connectivity index (χ3n) is 6.37. The highest BCUT2D eigenvalue weighted by Crippen LogP contribution is 2.17. The summed E-state index contributed by atoms with van der Waals surface area (Å²) in [4.78, 5) is 33.6. The number of carbonyl (C=O) groups excluding carboxylic acids is 2. The number of anilines is 1. The van der Waals surface area contributed by atoms with Gasteiger partial charge in [0.2, 0.25) is 5.91 Å². The number of amides is 3. The Balaban J connectivity index is 1.48. The van der Waals surface area contributed by atoms with Gasteiger partial charge in [0.1, 0.15) is 12.4 Å². The van der Waals surface area contributed by atoms with Crippen LogP contribution in [0.3, 0.4) is 0 Å². The number of nitrogens with one attached hydrogen (secondary N) is 1. The lowest BCUT2D eigenvalue weighted by Gasteiger charge is -2.29. The molecule has 0 radical (unpaired) electrons. The Hall–Kier alpha value is -3.23. The summed E-state index contributed by atoms with van der Waals surface area (Å²) in [5, 5.41) is 4.93. The van der Waals surface area contributed by atoms with Crippen LogP contribution in [0.2, 0.25) is 0 Å². The molecule has 3 amide bonds. The number of rotatable bonds is 10. The molecule has 0 unspecified atom stereocenters. The normalized spacial score (nSPS) is 13.5. The van der Waals surface area contributed by atoms with Crippen molar-refractivity contribution in [2.45, 2.75) is 32.9 Å². The first-order valence-corrected chi connectivity index (χ1v) is 13.2. The lowest BCUT2D eigenvalue weighted by Crippen LogP contribution is -2.46. The highest BCUT2D eigenvalue weighted by molar-refractivity contribution is 7.09. The molecule has 1 saturated heterocycles. The molecule has 2 aromatic carbocycles. The molecular weight excluding hydrogens is 475 g/mol. The Labute approximate surface area is 216 Å². The molecule has 4 rings (SSSR count). The number of nitrogens with zero attached hydrogens (tertiary/aromatic N) is 3. The maximum atomic E-state index is 13.6. The van der Waals surface area contributed by atoms with Gasteiger partial charge < -0.3 is 20.0 Å². The molecule has 0 atom stereocenters. The van der Waals surface area contributed by atoms with E-state index in [1.54, 1.807) is 33.3 Å². The number of hydrogen-bond acceptors (Lipinski definition) is 4. The topological polar surface area (TPSA) is 55.9 Å². The Bertz CT molecular complexity index is 1110. The zero-order valence-corrected chi connectivity index (χ0v) is 21.5. The Kier molecular flexibility index (Phi) is 9.08. The summed E-state index contributed by atoms with van der Waals surface area (Å²) in [6.45, 7) is 6.00. The summed E-state index contributed by atoms with van der Waals surface area (Å²) >= 11 is 1.58. The smallest absolute Gasteiger partial charge is 0.322 e. The molecular formula is C28H33FN4O2S. The fraction of sp³-hybridized carbons (Fsp3) is 0.357. The number of thiophene rings is 1. The molecule has 1 N–H and O–H groups in total. The van der Waals surface area contributed by atoms with E-state index in [0.29, 0.717) is 25.3 Å². The molecule has 1 aliphatic heterocycles. The van der Waals surface area contributed by atoms with E-state index in [4.69, 9.17) is 0 Å². The third-order valence-corrected chi connectivity index (χ3v) is 7.23. The first-order chi connectivity index (χ1) is 17.5. The number of hydrogen-bond donors (Lipinski definition) is 1. The molecule has 6 nitrogen and oxygen atoms in total. The van der Waals surface area contributed by atoms with Crippen LogP contribution in [0.25, 0.3) is 0 Å². The van der Waals surface area contributed by atoms with Crippen LogP contribution in [0.1, 0.15) is 28.8 Å². The number of likely N-dealkylation sites (tertiary alicyclic amines) is 1. The van der Waals surface area contributed by atoms with Crippen molar-refractivity contribution < 1.29 is 14.0 Å². The van der Waals surface area contributed by atoms with E-state index in [-0.39, 0.29) is 24.3 Å². The van der Waals surface area contributed by atoms with E-state index in [1.807, 2.05) is 48.7 Å². The maximum absolute atomic E-state index is 13.6. The van der Waals surface area contributed by atoms with Gasteiger partial charge in [-0.25, -0.2) is 9.18 Å². The van der Waals surface area contributed by atoms with Gasteiger partial charge in [-0.15, -0.1) is 11.3 Å². The summed E-state index contributed by atoms with van der Waals surface area (Å²) in [7, 11) is 0. The van der Waals surface area contributed by atoms with E-state index in [2.05, 4.69) is 10.2 Å². The molecule has 1 fully saturated rings. The SMILES string of the molecule is Cc1ccc(NC(=O)N(CCN2CCCC2)CC(=O)N(Cc2ccc(F)cc2)Cc2cccs2)cc1. The van der Waals surface area contributed by atoms with Crippen molar-refractivity contribution in [2.75, 3.05) is 38.0 Å². The van der Waals surface area contributed by atoms with Gasteiger partial charge in [-0.1, -0.05) is 35.9 Å². The minimum absolute atomic E-state index is 0.0297. The number of aryl methyl sites for hydroxylation is 1. The first kappa shape index (κ1) is 25.9. The summed E-state index contributed by atoms with van der Waals surface area (Å²) in [5.74, 6) is -0.455. The zero-order valence-electron chi connectivity index (χ0n) is 20.7. The quantitative estimate of drug-likeness (QED) is 0.401. The van der Waals surface area contributed by atoms with Crippen molar-refractivity contribution in [2.24, 2.45) is 0 Å². The molecule has 3 aromatic rings. The van der Waals surface area contributed by atoms with E-state index in [0.717, 1.165) is 35.6 Å². The van der Waals surface area contributed by atoms with Crippen molar-refractivity contribution >= 4 is 29.0 Å². The van der Waals surface area contributed by atoms with Crippen LogP contribution in [0.4, 0.5) is 14.9 Å². The molecule has 0 spiro atoms. The van der Waals surface area contributed by atoms with Crippen LogP contribution in [-0.2, 0) is 17.9 Å². The van der Waals surface area contributed by atoms with Crippen molar-refractivity contribution in [3.05, 3.63) is 87.9 Å². The number of halogens is 1. The minimum atomic E-state index is -0.309. The zero-order chi connectivity index (χ0) is 25.3. The second kappa shape index (κ2) is 12.6. The molecule has 1 aromatic heterocycles. The summed E-state index contributed by atoms with van der Waals surface area (Å²) in [6, 6.07) is 17.5. The molecule has 0 saturated carbocycles. The predicted molar refractivity (Wildman–Crippen MR) is 142 cm³/mol. The van der Waals surface area contributed by atoms with Gasteiger partial charge in [0.05, 0.1) is 6.54 Å². The van der Waals surface area contributed by atoms with Gasteiger partial charge in [0, 0.05) is 30.2 Å². The van der Waals surface area contributed by atoms with E-state index < -0.39 is 0 Å². The molecule has 1 aliphatic rings. The van der Waals surface area contributed by atoms with Crippen LogP contribution in [-0.4, -0.2) is 59.4 Å². The van der Waals surface area contributed by atoms with E-state index >= 15 is 0 Å². The fourth-order valence-corrected chi connectivity index (χ4v) is 4.98. The molecule has 0 bridgehead atoms. The van der Waals surface area contributed by atoms with Crippen molar-refractivity contribution in [1.29, 1.82) is 0 Å². The summed E-state index contributed by atoms with van der Waals surface area (Å²) in [5.41, 5.74) is 2.65. The highest BCUT2D eigenvalue weighted by Gasteiger charge is 2.23. The van der Waals surface area contributed by atoms with Crippen LogP contribution in [0.15, 0.2) is 66.0 Å². The molecule has 190 valence electrons. The number of carbonyl (C=O) groups is 2. The molecule has 0 aliphatic carbocycles. The Morgan fingerprint density at radius 1 is 0.972 bits per heavy atom. The van der Waals surface area contributed by atoms with Crippen LogP contribution in [0, 0.1) is 12.7 Å². The fourth-order valence-electron chi connectivity index (χ4n) is 4.26. The number of benzene rings is 2. The average Bonchev–Trinajstić information content (AvgIpc) is 3.58. The van der Waals surface area contributed by atoms with Crippen molar-refractivity contribution in [1.82, 2.24) is 14.7 Å². The predicted octanol–water partition coefficient (Wildman–Crippen LogP) is 5.35. The van der Waals surface area contributed by atoms with Gasteiger partial charge >= 0.3 is 6.03 Å². The van der Waals surface area contributed by atoms with Crippen LogP contribution >= 0.6 is 11.3 Å².